The summed E-state index contributed by atoms with van der Waals surface area (Å²) in [6, 6.07) is -0.773. The van der Waals surface area contributed by atoms with Gasteiger partial charge in [0.1, 0.15) is 11.2 Å². The molecule has 3 amide bonds. The summed E-state index contributed by atoms with van der Waals surface area (Å²) in [5, 5.41) is 15.8. The Morgan fingerprint density at radius 2 is 1.41 bits per heavy atom. The van der Waals surface area contributed by atoms with Crippen molar-refractivity contribution in [2.24, 2.45) is 5.73 Å². The van der Waals surface area contributed by atoms with Gasteiger partial charge in [-0.3, -0.25) is 4.79 Å². The van der Waals surface area contributed by atoms with Crippen LogP contribution in [-0.2, 0) is 18.7 Å². The molecule has 0 bridgehead atoms. The van der Waals surface area contributed by atoms with Gasteiger partial charge < -0.3 is 40.3 Å². The second-order valence-corrected chi connectivity index (χ2v) is 18.3. The van der Waals surface area contributed by atoms with E-state index in [1.54, 1.807) is 41.5 Å². The summed E-state index contributed by atoms with van der Waals surface area (Å²) in [5.41, 5.74) is 5.01. The van der Waals surface area contributed by atoms with Crippen molar-refractivity contribution >= 4 is 26.4 Å². The normalized spacial score (nSPS) is 14.3. The fraction of sp³-hybridized carbons (Fsp3) is 0.889. The first-order valence-corrected chi connectivity index (χ1v) is 16.7. The first-order chi connectivity index (χ1) is 17.5. The lowest BCUT2D eigenvalue weighted by atomic mass is 10.1. The van der Waals surface area contributed by atoms with E-state index < -0.39 is 43.9 Å². The summed E-state index contributed by atoms with van der Waals surface area (Å²) in [6.45, 7) is 22.2. The highest BCUT2D eigenvalue weighted by molar-refractivity contribution is 6.74. The molecule has 0 aliphatic carbocycles. The van der Waals surface area contributed by atoms with E-state index in [1.165, 1.54) is 4.90 Å². The predicted octanol–water partition coefficient (Wildman–Crippen LogP) is 3.74. The highest BCUT2D eigenvalue weighted by Crippen LogP contribution is 2.36. The van der Waals surface area contributed by atoms with Gasteiger partial charge in [0, 0.05) is 26.2 Å². The van der Waals surface area contributed by atoms with Gasteiger partial charge in [-0.1, -0.05) is 20.8 Å². The molecule has 0 aliphatic rings. The van der Waals surface area contributed by atoms with E-state index >= 15 is 0 Å². The van der Waals surface area contributed by atoms with Crippen LogP contribution in [0.4, 0.5) is 9.59 Å². The van der Waals surface area contributed by atoms with E-state index in [2.05, 4.69) is 44.5 Å². The van der Waals surface area contributed by atoms with Crippen LogP contribution in [0.15, 0.2) is 0 Å². The van der Waals surface area contributed by atoms with Crippen molar-refractivity contribution in [1.82, 2.24) is 15.5 Å². The van der Waals surface area contributed by atoms with Crippen molar-refractivity contribution in [3.63, 3.8) is 0 Å². The minimum atomic E-state index is -2.03. The van der Waals surface area contributed by atoms with Crippen LogP contribution in [0.5, 0.6) is 0 Å². The Labute approximate surface area is 237 Å². The Hall–Kier alpha value is -1.89. The van der Waals surface area contributed by atoms with Gasteiger partial charge in [-0.25, -0.2) is 9.59 Å². The summed E-state index contributed by atoms with van der Waals surface area (Å²) in [7, 11) is -2.03. The number of hydrogen-bond acceptors (Lipinski definition) is 8. The largest absolute Gasteiger partial charge is 0.444 e. The fourth-order valence-electron chi connectivity index (χ4n) is 3.11. The van der Waals surface area contributed by atoms with Crippen LogP contribution in [0.2, 0.25) is 18.1 Å². The average Bonchev–Trinajstić information content (AvgIpc) is 2.72. The highest BCUT2D eigenvalue weighted by atomic mass is 28.4. The molecular formula is C27H56N4O7Si. The number of hydrogen-bond donors (Lipinski definition) is 4. The number of alkyl carbamates (subject to hydrolysis) is 2. The number of carbonyl (C=O) groups excluding carboxylic acids is 3. The molecule has 0 aromatic carbocycles. The molecule has 2 atom stereocenters. The summed E-state index contributed by atoms with van der Waals surface area (Å²) in [6.07, 6.45) is -0.459. The number of unbranched alkanes of at least 4 members (excludes halogenated alkanes) is 1. The van der Waals surface area contributed by atoms with Crippen LogP contribution >= 0.6 is 0 Å². The van der Waals surface area contributed by atoms with Crippen LogP contribution in [0.1, 0.15) is 81.6 Å². The van der Waals surface area contributed by atoms with Crippen molar-refractivity contribution in [2.45, 2.75) is 123 Å². The molecule has 39 heavy (non-hydrogen) atoms. The average molecular weight is 577 g/mol. The number of nitrogens with two attached hydrogens (primary N) is 1. The smallest absolute Gasteiger partial charge is 0.407 e. The Kier molecular flexibility index (Phi) is 15.0. The summed E-state index contributed by atoms with van der Waals surface area (Å²) in [4.78, 5) is 38.4. The Balaban J connectivity index is 5.00. The van der Waals surface area contributed by atoms with Crippen LogP contribution in [0.25, 0.3) is 0 Å². The lowest BCUT2D eigenvalue weighted by Gasteiger charge is -2.37. The molecule has 0 saturated heterocycles. The van der Waals surface area contributed by atoms with E-state index in [-0.39, 0.29) is 30.6 Å². The van der Waals surface area contributed by atoms with Gasteiger partial charge in [-0.05, 0) is 78.9 Å². The van der Waals surface area contributed by atoms with Gasteiger partial charge in [-0.15, -0.1) is 0 Å². The van der Waals surface area contributed by atoms with Crippen LogP contribution < -0.4 is 16.4 Å². The third-order valence-electron chi connectivity index (χ3n) is 6.18. The van der Waals surface area contributed by atoms with Gasteiger partial charge in [0.2, 0.25) is 5.91 Å². The number of rotatable bonds is 14. The summed E-state index contributed by atoms with van der Waals surface area (Å²) in [5.74, 6) is -0.301. The zero-order valence-corrected chi connectivity index (χ0v) is 27.2. The minimum Gasteiger partial charge on any atom is -0.444 e. The molecular weight excluding hydrogens is 520 g/mol. The number of amides is 3. The van der Waals surface area contributed by atoms with E-state index in [4.69, 9.17) is 19.6 Å². The maximum atomic E-state index is 13.2. The van der Waals surface area contributed by atoms with Gasteiger partial charge in [-0.2, -0.15) is 0 Å². The molecule has 0 aliphatic heterocycles. The van der Waals surface area contributed by atoms with E-state index in [0.29, 0.717) is 32.4 Å². The molecule has 0 aromatic heterocycles. The van der Waals surface area contributed by atoms with E-state index in [0.717, 1.165) is 0 Å². The molecule has 5 N–H and O–H groups in total. The number of ether oxygens (including phenoxy) is 2. The SMILES string of the molecule is CC(C)(C)OC(=O)NCCCC[C@H](N)C(=O)N(CCO[Si](C)(C)C(C)(C)C)CC(O)CNC(=O)OC(C)(C)C. The van der Waals surface area contributed by atoms with Crippen molar-refractivity contribution in [3.05, 3.63) is 0 Å². The lowest BCUT2D eigenvalue weighted by Crippen LogP contribution is -2.51. The number of carbonyl (C=O) groups is 3. The van der Waals surface area contributed by atoms with Crippen molar-refractivity contribution in [2.75, 3.05) is 32.8 Å². The van der Waals surface area contributed by atoms with Crippen LogP contribution in [0.3, 0.4) is 0 Å². The number of aliphatic hydroxyl groups is 1. The standard InChI is InChI=1S/C27H56N4O7Si/c1-25(2,3)37-23(34)29-15-13-12-14-21(28)22(33)31(16-17-36-39(10,11)27(7,8)9)19-20(32)18-30-24(35)38-26(4,5)6/h20-21,32H,12-19,28H2,1-11H3,(H,29,34)(H,30,35)/t20?,21-/m0/s1. The molecule has 0 fully saturated rings. The predicted molar refractivity (Wildman–Crippen MR) is 156 cm³/mol. The van der Waals surface area contributed by atoms with Gasteiger partial charge in [0.05, 0.1) is 18.8 Å². The molecule has 0 saturated carbocycles. The Morgan fingerprint density at radius 3 is 1.90 bits per heavy atom. The monoisotopic (exact) mass is 576 g/mol. The van der Waals surface area contributed by atoms with Crippen LogP contribution in [0, 0.1) is 0 Å². The summed E-state index contributed by atoms with van der Waals surface area (Å²) < 4.78 is 16.7. The Bertz CT molecular complexity index is 774. The third-order valence-corrected chi connectivity index (χ3v) is 10.7. The Morgan fingerprint density at radius 1 is 0.897 bits per heavy atom. The molecule has 1 unspecified atom stereocenters. The summed E-state index contributed by atoms with van der Waals surface area (Å²) >= 11 is 0. The fourth-order valence-corrected chi connectivity index (χ4v) is 4.14. The number of aliphatic hydroxyl groups excluding tert-OH is 1. The molecule has 230 valence electrons. The van der Waals surface area contributed by atoms with Gasteiger partial charge >= 0.3 is 12.2 Å². The first kappa shape index (κ1) is 37.1. The molecule has 0 aromatic rings. The van der Waals surface area contributed by atoms with Crippen molar-refractivity contribution in [3.8, 4) is 0 Å². The number of nitrogens with zero attached hydrogens (tertiary/aromatic N) is 1. The van der Waals surface area contributed by atoms with Crippen molar-refractivity contribution < 1.29 is 33.4 Å². The lowest BCUT2D eigenvalue weighted by molar-refractivity contribution is -0.134. The maximum absolute atomic E-state index is 13.2. The zero-order chi connectivity index (χ0) is 30.7. The second kappa shape index (κ2) is 15.8. The number of nitrogens with one attached hydrogen (secondary N) is 2. The molecule has 0 radical (unpaired) electrons. The van der Waals surface area contributed by atoms with Gasteiger partial charge in [0.25, 0.3) is 0 Å². The highest BCUT2D eigenvalue weighted by Gasteiger charge is 2.37. The maximum Gasteiger partial charge on any atom is 0.407 e. The molecule has 12 heteroatoms. The molecule has 0 spiro atoms. The third kappa shape index (κ3) is 17.4. The quantitative estimate of drug-likeness (QED) is 0.180. The molecule has 0 heterocycles. The van der Waals surface area contributed by atoms with E-state index in [9.17, 15) is 19.5 Å². The molecule has 0 rings (SSSR count). The zero-order valence-electron chi connectivity index (χ0n) is 26.2. The minimum absolute atomic E-state index is 0.0105. The van der Waals surface area contributed by atoms with Gasteiger partial charge in [0.15, 0.2) is 8.32 Å². The topological polar surface area (TPSA) is 152 Å². The van der Waals surface area contributed by atoms with E-state index in [1.807, 2.05) is 0 Å². The van der Waals surface area contributed by atoms with Crippen molar-refractivity contribution in [1.29, 1.82) is 0 Å². The first-order valence-electron chi connectivity index (χ1n) is 13.8. The molecule has 11 nitrogen and oxygen atoms in total. The van der Waals surface area contributed by atoms with Crippen LogP contribution in [-0.4, -0.2) is 92.6 Å². The second-order valence-electron chi connectivity index (χ2n) is 13.5.